The summed E-state index contributed by atoms with van der Waals surface area (Å²) in [5.41, 5.74) is 0.298. The number of carbonyl (C=O) groups excluding carboxylic acids is 1. The maximum atomic E-state index is 11.3. The number of hydrogen-bond acceptors (Lipinski definition) is 3. The topological polar surface area (TPSA) is 58.6 Å². The lowest BCUT2D eigenvalue weighted by atomic mass is 10.1. The van der Waals surface area contributed by atoms with Crippen molar-refractivity contribution in [1.82, 2.24) is 5.32 Å². The Morgan fingerprint density at radius 2 is 2.06 bits per heavy atom. The quantitative estimate of drug-likeness (QED) is 0.743. The zero-order valence-electron chi connectivity index (χ0n) is 11.3. The van der Waals surface area contributed by atoms with Gasteiger partial charge in [-0.3, -0.25) is 0 Å². The van der Waals surface area contributed by atoms with Crippen molar-refractivity contribution in [3.8, 4) is 0 Å². The van der Waals surface area contributed by atoms with Crippen molar-refractivity contribution in [3.05, 3.63) is 23.8 Å². The van der Waals surface area contributed by atoms with Crippen molar-refractivity contribution >= 4 is 6.09 Å². The molecular formula is C13H23NO3. The molecule has 0 rings (SSSR count). The van der Waals surface area contributed by atoms with E-state index in [1.807, 2.05) is 27.7 Å². The highest BCUT2D eigenvalue weighted by Crippen LogP contribution is 2.06. The van der Waals surface area contributed by atoms with Gasteiger partial charge in [-0.1, -0.05) is 18.2 Å². The molecule has 0 heterocycles. The third kappa shape index (κ3) is 8.51. The molecule has 0 spiro atoms. The molecule has 4 nitrogen and oxygen atoms in total. The molecule has 0 aromatic carbocycles. The fourth-order valence-corrected chi connectivity index (χ4v) is 1.06. The molecule has 17 heavy (non-hydrogen) atoms. The van der Waals surface area contributed by atoms with E-state index in [1.54, 1.807) is 25.2 Å². The van der Waals surface area contributed by atoms with Crippen molar-refractivity contribution in [2.75, 3.05) is 6.54 Å². The van der Waals surface area contributed by atoms with Gasteiger partial charge in [0.2, 0.25) is 0 Å². The summed E-state index contributed by atoms with van der Waals surface area (Å²) in [5.74, 6) is 0. The molecule has 0 aromatic rings. The maximum Gasteiger partial charge on any atom is 0.407 e. The van der Waals surface area contributed by atoms with Crippen LogP contribution < -0.4 is 5.32 Å². The van der Waals surface area contributed by atoms with Crippen molar-refractivity contribution in [2.24, 2.45) is 0 Å². The number of hydrogen-bond donors (Lipinski definition) is 2. The summed E-state index contributed by atoms with van der Waals surface area (Å²) in [6.45, 7) is 9.42. The normalized spacial score (nSPS) is 14.8. The number of alkyl carbamates (subject to hydrolysis) is 1. The molecule has 98 valence electrons. The van der Waals surface area contributed by atoms with Crippen molar-refractivity contribution in [2.45, 2.75) is 46.3 Å². The molecular weight excluding hydrogens is 218 g/mol. The van der Waals surface area contributed by atoms with E-state index in [0.717, 1.165) is 5.57 Å². The van der Waals surface area contributed by atoms with Gasteiger partial charge < -0.3 is 15.2 Å². The Labute approximate surface area is 103 Å². The van der Waals surface area contributed by atoms with Crippen LogP contribution in [-0.2, 0) is 4.74 Å². The number of carbonyl (C=O) groups is 1. The highest BCUT2D eigenvalue weighted by atomic mass is 16.6. The summed E-state index contributed by atoms with van der Waals surface area (Å²) in [6.07, 6.45) is 4.17. The van der Waals surface area contributed by atoms with Gasteiger partial charge in [0.15, 0.2) is 0 Å². The lowest BCUT2D eigenvalue weighted by Gasteiger charge is -2.19. The highest BCUT2D eigenvalue weighted by Gasteiger charge is 2.15. The second-order valence-electron chi connectivity index (χ2n) is 4.80. The Hall–Kier alpha value is -1.29. The summed E-state index contributed by atoms with van der Waals surface area (Å²) in [5, 5.41) is 12.2. The van der Waals surface area contributed by atoms with Gasteiger partial charge in [0, 0.05) is 6.54 Å². The van der Waals surface area contributed by atoms with Crippen LogP contribution in [0.3, 0.4) is 0 Å². The zero-order valence-corrected chi connectivity index (χ0v) is 11.3. The second kappa shape index (κ2) is 7.12. The smallest absolute Gasteiger partial charge is 0.407 e. The van der Waals surface area contributed by atoms with Gasteiger partial charge in [0.05, 0.1) is 6.10 Å². The molecule has 1 unspecified atom stereocenters. The Kier molecular flexibility index (Phi) is 6.58. The monoisotopic (exact) mass is 241 g/mol. The van der Waals surface area contributed by atoms with E-state index in [2.05, 4.69) is 5.32 Å². The fourth-order valence-electron chi connectivity index (χ4n) is 1.06. The molecule has 1 atom stereocenters. The number of rotatable bonds is 4. The first-order valence-electron chi connectivity index (χ1n) is 5.70. The van der Waals surface area contributed by atoms with Crippen LogP contribution in [-0.4, -0.2) is 29.4 Å². The summed E-state index contributed by atoms with van der Waals surface area (Å²) < 4.78 is 5.07. The SMILES string of the molecule is C/C=C/C(O)/C(C)=C\CNC(=O)OC(C)(C)C. The minimum Gasteiger partial charge on any atom is -0.444 e. The van der Waals surface area contributed by atoms with E-state index in [1.165, 1.54) is 0 Å². The molecule has 0 saturated heterocycles. The average molecular weight is 241 g/mol. The van der Waals surface area contributed by atoms with Gasteiger partial charge in [-0.2, -0.15) is 0 Å². The van der Waals surface area contributed by atoms with Crippen LogP contribution in [0.4, 0.5) is 4.79 Å². The van der Waals surface area contributed by atoms with E-state index >= 15 is 0 Å². The van der Waals surface area contributed by atoms with Crippen LogP contribution in [0.25, 0.3) is 0 Å². The third-order valence-electron chi connectivity index (χ3n) is 1.91. The zero-order chi connectivity index (χ0) is 13.5. The molecule has 0 aliphatic heterocycles. The number of amides is 1. The van der Waals surface area contributed by atoms with Crippen molar-refractivity contribution < 1.29 is 14.6 Å². The lowest BCUT2D eigenvalue weighted by molar-refractivity contribution is 0.0534. The Morgan fingerprint density at radius 3 is 2.53 bits per heavy atom. The first-order chi connectivity index (χ1) is 7.76. The van der Waals surface area contributed by atoms with Crippen LogP contribution in [0.5, 0.6) is 0 Å². The van der Waals surface area contributed by atoms with E-state index in [9.17, 15) is 9.90 Å². The van der Waals surface area contributed by atoms with Gasteiger partial charge in [-0.05, 0) is 40.2 Å². The summed E-state index contributed by atoms with van der Waals surface area (Å²) in [7, 11) is 0. The minimum atomic E-state index is -0.597. The third-order valence-corrected chi connectivity index (χ3v) is 1.91. The van der Waals surface area contributed by atoms with Gasteiger partial charge in [-0.25, -0.2) is 4.79 Å². The van der Waals surface area contributed by atoms with Gasteiger partial charge in [0.1, 0.15) is 5.60 Å². The largest absolute Gasteiger partial charge is 0.444 e. The maximum absolute atomic E-state index is 11.3. The molecule has 0 aliphatic carbocycles. The molecule has 2 N–H and O–H groups in total. The molecule has 0 aliphatic rings. The van der Waals surface area contributed by atoms with E-state index < -0.39 is 17.8 Å². The number of allylic oxidation sites excluding steroid dienone is 1. The van der Waals surface area contributed by atoms with E-state index in [4.69, 9.17) is 4.74 Å². The number of aliphatic hydroxyl groups excluding tert-OH is 1. The number of ether oxygens (including phenoxy) is 1. The Bertz CT molecular complexity index is 300. The van der Waals surface area contributed by atoms with Gasteiger partial charge >= 0.3 is 6.09 Å². The summed E-state index contributed by atoms with van der Waals surface area (Å²) in [4.78, 5) is 11.3. The van der Waals surface area contributed by atoms with E-state index in [-0.39, 0.29) is 0 Å². The van der Waals surface area contributed by atoms with Gasteiger partial charge in [0.25, 0.3) is 0 Å². The molecule has 0 aromatic heterocycles. The van der Waals surface area contributed by atoms with Crippen LogP contribution >= 0.6 is 0 Å². The van der Waals surface area contributed by atoms with Crippen LogP contribution in [0, 0.1) is 0 Å². The Balaban J connectivity index is 4.05. The molecule has 0 radical (unpaired) electrons. The molecule has 1 amide bonds. The van der Waals surface area contributed by atoms with Crippen LogP contribution in [0.2, 0.25) is 0 Å². The number of nitrogens with one attached hydrogen (secondary N) is 1. The average Bonchev–Trinajstić information content (AvgIpc) is 2.14. The molecule has 0 fully saturated rings. The fraction of sp³-hybridized carbons (Fsp3) is 0.615. The molecule has 0 saturated carbocycles. The predicted octanol–water partition coefficient (Wildman–Crippen LogP) is 2.39. The van der Waals surface area contributed by atoms with Crippen molar-refractivity contribution in [1.29, 1.82) is 0 Å². The summed E-state index contributed by atoms with van der Waals surface area (Å²) >= 11 is 0. The number of aliphatic hydroxyl groups is 1. The molecule has 4 heteroatoms. The minimum absolute atomic E-state index is 0.343. The second-order valence-corrected chi connectivity index (χ2v) is 4.80. The lowest BCUT2D eigenvalue weighted by Crippen LogP contribution is -2.32. The van der Waals surface area contributed by atoms with Crippen molar-refractivity contribution in [3.63, 3.8) is 0 Å². The Morgan fingerprint density at radius 1 is 1.47 bits per heavy atom. The first kappa shape index (κ1) is 15.7. The van der Waals surface area contributed by atoms with Crippen LogP contribution in [0.15, 0.2) is 23.8 Å². The van der Waals surface area contributed by atoms with E-state index in [0.29, 0.717) is 6.54 Å². The highest BCUT2D eigenvalue weighted by molar-refractivity contribution is 5.67. The van der Waals surface area contributed by atoms with Gasteiger partial charge in [-0.15, -0.1) is 0 Å². The summed E-state index contributed by atoms with van der Waals surface area (Å²) in [6, 6.07) is 0. The molecule has 0 bridgehead atoms. The standard InChI is InChI=1S/C13H23NO3/c1-6-7-11(15)10(2)8-9-14-12(16)17-13(3,4)5/h6-8,11,15H,9H2,1-5H3,(H,14,16)/b7-6+,10-8-. The predicted molar refractivity (Wildman–Crippen MR) is 68.8 cm³/mol. The first-order valence-corrected chi connectivity index (χ1v) is 5.70. The van der Waals surface area contributed by atoms with Crippen LogP contribution in [0.1, 0.15) is 34.6 Å².